The number of piperazine rings is 1. The van der Waals surface area contributed by atoms with Gasteiger partial charge in [0.15, 0.2) is 0 Å². The molecule has 1 fully saturated rings. The molecule has 0 atom stereocenters. The van der Waals surface area contributed by atoms with Gasteiger partial charge in [-0.1, -0.05) is 12.1 Å². The molecule has 0 amide bonds. The van der Waals surface area contributed by atoms with Crippen molar-refractivity contribution in [2.24, 2.45) is 7.05 Å². The lowest BCUT2D eigenvalue weighted by Crippen LogP contribution is -2.42. The van der Waals surface area contributed by atoms with Crippen LogP contribution in [0.5, 0.6) is 5.75 Å². The van der Waals surface area contributed by atoms with Crippen molar-refractivity contribution in [3.63, 3.8) is 0 Å². The van der Waals surface area contributed by atoms with Gasteiger partial charge >= 0.3 is 12.1 Å². The molecule has 1 aromatic carbocycles. The molecule has 1 saturated heterocycles. The molecule has 0 aliphatic carbocycles. The summed E-state index contributed by atoms with van der Waals surface area (Å²) in [7, 11) is 3.52. The predicted molar refractivity (Wildman–Crippen MR) is 115 cm³/mol. The fourth-order valence-electron chi connectivity index (χ4n) is 3.42. The first kappa shape index (κ1) is 25.4. The lowest BCUT2D eigenvalue weighted by Gasteiger charge is -2.27. The number of methoxy groups -OCH3 is 1. The van der Waals surface area contributed by atoms with Crippen molar-refractivity contribution in [1.82, 2.24) is 14.8 Å². The lowest BCUT2D eigenvalue weighted by molar-refractivity contribution is -0.192. The molecule has 0 bridgehead atoms. The summed E-state index contributed by atoms with van der Waals surface area (Å²) in [5.41, 5.74) is 5.24. The van der Waals surface area contributed by atoms with Crippen LogP contribution < -0.4 is 15.6 Å². The molecule has 0 spiro atoms. The van der Waals surface area contributed by atoms with Gasteiger partial charge in [0.1, 0.15) is 5.75 Å². The Bertz CT molecular complexity index is 1010. The van der Waals surface area contributed by atoms with E-state index < -0.39 is 12.1 Å². The summed E-state index contributed by atoms with van der Waals surface area (Å²) in [5.74, 6) is -1.85. The molecule has 10 heteroatoms. The van der Waals surface area contributed by atoms with Gasteiger partial charge < -0.3 is 19.7 Å². The molecule has 1 aliphatic rings. The Morgan fingerprint density at radius 2 is 1.78 bits per heavy atom. The molecule has 32 heavy (non-hydrogen) atoms. The fraction of sp³-hybridized carbons (Fsp3) is 0.455. The number of alkyl halides is 3. The first-order valence-corrected chi connectivity index (χ1v) is 10.0. The van der Waals surface area contributed by atoms with Gasteiger partial charge in [-0.15, -0.1) is 0 Å². The Morgan fingerprint density at radius 3 is 2.31 bits per heavy atom. The van der Waals surface area contributed by atoms with E-state index in [4.69, 9.17) is 14.6 Å². The van der Waals surface area contributed by atoms with Crippen molar-refractivity contribution < 1.29 is 27.8 Å². The number of rotatable bonds is 4. The zero-order chi connectivity index (χ0) is 24.1. The number of ether oxygens (including phenoxy) is 1. The molecule has 3 rings (SSSR count). The van der Waals surface area contributed by atoms with Gasteiger partial charge in [-0.25, -0.2) is 4.79 Å². The Morgan fingerprint density at radius 1 is 1.19 bits per heavy atom. The average Bonchev–Trinajstić information content (AvgIpc) is 2.75. The zero-order valence-corrected chi connectivity index (χ0v) is 18.5. The van der Waals surface area contributed by atoms with E-state index in [9.17, 15) is 18.0 Å². The number of pyridine rings is 1. The third-order valence-electron chi connectivity index (χ3n) is 5.37. The number of carbonyl (C=O) groups is 1. The summed E-state index contributed by atoms with van der Waals surface area (Å²) in [4.78, 5) is 23.4. The first-order chi connectivity index (χ1) is 15.0. The van der Waals surface area contributed by atoms with Gasteiger partial charge in [0.05, 0.1) is 7.11 Å². The van der Waals surface area contributed by atoms with E-state index >= 15 is 0 Å². The van der Waals surface area contributed by atoms with E-state index in [1.54, 1.807) is 18.7 Å². The van der Waals surface area contributed by atoms with Crippen molar-refractivity contribution >= 4 is 5.97 Å². The summed E-state index contributed by atoms with van der Waals surface area (Å²) in [5, 5.41) is 10.5. The number of aryl methyl sites for hydroxylation is 1. The van der Waals surface area contributed by atoms with Gasteiger partial charge in [-0.3, -0.25) is 9.69 Å². The fourth-order valence-corrected chi connectivity index (χ4v) is 3.42. The highest BCUT2D eigenvalue weighted by molar-refractivity contribution is 5.73. The largest absolute Gasteiger partial charge is 0.496 e. The minimum Gasteiger partial charge on any atom is -0.496 e. The SMILES string of the molecule is COc1cc(-c2cn(C)c(=O)c(C)c2C)ccc1CN1CCNCC1.O=C(O)C(F)(F)F. The molecular weight excluding hydrogens is 427 g/mol. The number of hydrogen-bond acceptors (Lipinski definition) is 5. The highest BCUT2D eigenvalue weighted by Gasteiger charge is 2.38. The molecule has 0 saturated carbocycles. The number of nitrogens with zero attached hydrogens (tertiary/aromatic N) is 2. The van der Waals surface area contributed by atoms with Crippen LogP contribution in [0.3, 0.4) is 0 Å². The second-order valence-electron chi connectivity index (χ2n) is 7.56. The standard InChI is InChI=1S/C20H27N3O2.C2HF3O2/c1-14-15(2)20(24)22(3)13-18(14)16-5-6-17(19(11-16)25-4)12-23-9-7-21-8-10-23;3-2(4,5)1(6)7/h5-6,11,13,21H,7-10,12H2,1-4H3;(H,6,7). The molecule has 176 valence electrons. The molecule has 1 aromatic heterocycles. The highest BCUT2D eigenvalue weighted by Crippen LogP contribution is 2.30. The number of hydrogen-bond donors (Lipinski definition) is 2. The third kappa shape index (κ3) is 6.33. The zero-order valence-electron chi connectivity index (χ0n) is 18.5. The minimum absolute atomic E-state index is 0.0588. The summed E-state index contributed by atoms with van der Waals surface area (Å²) in [6.45, 7) is 8.99. The van der Waals surface area contributed by atoms with Crippen molar-refractivity contribution in [1.29, 1.82) is 0 Å². The van der Waals surface area contributed by atoms with Crippen LogP contribution in [0, 0.1) is 13.8 Å². The van der Waals surface area contributed by atoms with Gasteiger partial charge in [-0.05, 0) is 31.0 Å². The van der Waals surface area contributed by atoms with E-state index in [1.165, 1.54) is 5.56 Å². The summed E-state index contributed by atoms with van der Waals surface area (Å²) in [6.07, 6.45) is -3.17. The number of aliphatic carboxylic acids is 1. The maximum Gasteiger partial charge on any atom is 0.490 e. The number of benzene rings is 1. The smallest absolute Gasteiger partial charge is 0.490 e. The molecule has 2 N–H and O–H groups in total. The second-order valence-corrected chi connectivity index (χ2v) is 7.56. The minimum atomic E-state index is -5.08. The highest BCUT2D eigenvalue weighted by atomic mass is 19.4. The van der Waals surface area contributed by atoms with Crippen molar-refractivity contribution in [2.75, 3.05) is 33.3 Å². The maximum absolute atomic E-state index is 12.1. The van der Waals surface area contributed by atoms with Crippen molar-refractivity contribution in [2.45, 2.75) is 26.6 Å². The Balaban J connectivity index is 0.000000451. The molecule has 7 nitrogen and oxygen atoms in total. The van der Waals surface area contributed by atoms with Gasteiger partial charge in [0, 0.05) is 62.7 Å². The van der Waals surface area contributed by atoms with Crippen molar-refractivity contribution in [3.05, 3.63) is 51.4 Å². The molecule has 1 aliphatic heterocycles. The van der Waals surface area contributed by atoms with Gasteiger partial charge in [-0.2, -0.15) is 13.2 Å². The van der Waals surface area contributed by atoms with Crippen LogP contribution in [0.1, 0.15) is 16.7 Å². The van der Waals surface area contributed by atoms with Crippen LogP contribution in [0.15, 0.2) is 29.2 Å². The van der Waals surface area contributed by atoms with Gasteiger partial charge in [0.25, 0.3) is 5.56 Å². The number of nitrogens with one attached hydrogen (secondary N) is 1. The lowest BCUT2D eigenvalue weighted by atomic mass is 9.98. The molecule has 2 heterocycles. The average molecular weight is 455 g/mol. The number of halogens is 3. The van der Waals surface area contributed by atoms with E-state index in [0.29, 0.717) is 0 Å². The Labute approximate surface area is 184 Å². The monoisotopic (exact) mass is 455 g/mol. The first-order valence-electron chi connectivity index (χ1n) is 10.0. The van der Waals surface area contributed by atoms with E-state index in [2.05, 4.69) is 28.4 Å². The van der Waals surface area contributed by atoms with Gasteiger partial charge in [0.2, 0.25) is 0 Å². The van der Waals surface area contributed by atoms with Crippen LogP contribution >= 0.6 is 0 Å². The van der Waals surface area contributed by atoms with Crippen LogP contribution in [-0.2, 0) is 18.4 Å². The Kier molecular flexibility index (Phi) is 8.45. The number of carboxylic acid groups (broad SMARTS) is 1. The quantitative estimate of drug-likeness (QED) is 0.738. The third-order valence-corrected chi connectivity index (χ3v) is 5.37. The summed E-state index contributed by atoms with van der Waals surface area (Å²) >= 11 is 0. The number of carboxylic acids is 1. The molecule has 0 radical (unpaired) electrons. The van der Waals surface area contributed by atoms with E-state index in [-0.39, 0.29) is 5.56 Å². The Hall–Kier alpha value is -2.85. The van der Waals surface area contributed by atoms with Crippen LogP contribution in [0.2, 0.25) is 0 Å². The van der Waals surface area contributed by atoms with Crippen LogP contribution in [0.25, 0.3) is 11.1 Å². The molecule has 0 unspecified atom stereocenters. The van der Waals surface area contributed by atoms with Crippen LogP contribution in [-0.4, -0.2) is 60.0 Å². The summed E-state index contributed by atoms with van der Waals surface area (Å²) < 4.78 is 39.0. The second kappa shape index (κ2) is 10.6. The normalized spacial score (nSPS) is 14.5. The van der Waals surface area contributed by atoms with Crippen molar-refractivity contribution in [3.8, 4) is 16.9 Å². The summed E-state index contributed by atoms with van der Waals surface area (Å²) in [6, 6.07) is 6.37. The van der Waals surface area contributed by atoms with E-state index in [1.807, 2.05) is 20.0 Å². The molecule has 2 aromatic rings. The van der Waals surface area contributed by atoms with E-state index in [0.717, 1.165) is 60.7 Å². The molecular formula is C22H28F3N3O4. The number of aromatic nitrogens is 1. The predicted octanol–water partition coefficient (Wildman–Crippen LogP) is 2.72. The van der Waals surface area contributed by atoms with Crippen LogP contribution in [0.4, 0.5) is 13.2 Å². The maximum atomic E-state index is 12.1. The topological polar surface area (TPSA) is 83.8 Å².